The van der Waals surface area contributed by atoms with Gasteiger partial charge < -0.3 is 0 Å². The fourth-order valence-electron chi connectivity index (χ4n) is 5.93. The summed E-state index contributed by atoms with van der Waals surface area (Å²) in [6, 6.07) is 24.0. The summed E-state index contributed by atoms with van der Waals surface area (Å²) < 4.78 is -1.49. The summed E-state index contributed by atoms with van der Waals surface area (Å²) >= 11 is 8.09. The van der Waals surface area contributed by atoms with Gasteiger partial charge in [0.25, 0.3) is 0 Å². The van der Waals surface area contributed by atoms with Gasteiger partial charge in [0.05, 0.1) is 26.2 Å². The van der Waals surface area contributed by atoms with Gasteiger partial charge in [-0.1, -0.05) is 106 Å². The normalized spacial score (nSPS) is 30.2. The third-order valence-corrected chi connectivity index (χ3v) is 9.89. The molecule has 0 aromatic heterocycles. The number of imide groups is 1. The number of hydrogen-bond acceptors (Lipinski definition) is 2. The van der Waals surface area contributed by atoms with Crippen LogP contribution in [0.15, 0.2) is 72.8 Å². The lowest BCUT2D eigenvalue weighted by atomic mass is 9.54. The van der Waals surface area contributed by atoms with E-state index in [2.05, 4.69) is 56.1 Å². The number of aryl methyl sites for hydroxylation is 1. The number of hydrogen-bond donors (Lipinski definition) is 0. The molecule has 7 rings (SSSR count). The van der Waals surface area contributed by atoms with Gasteiger partial charge in [-0.3, -0.25) is 9.59 Å². The zero-order valence-electron chi connectivity index (χ0n) is 16.8. The number of benzene rings is 3. The Labute approximate surface area is 197 Å². The van der Waals surface area contributed by atoms with Crippen LogP contribution in [0.5, 0.6) is 0 Å². The average Bonchev–Trinajstić information content (AvgIpc) is 3.08. The van der Waals surface area contributed by atoms with Gasteiger partial charge in [-0.2, -0.15) is 0 Å². The topological polar surface area (TPSA) is 37.4 Å². The van der Waals surface area contributed by atoms with Crippen LogP contribution in [0, 0.1) is 11.8 Å². The van der Waals surface area contributed by atoms with Gasteiger partial charge >= 0.3 is 0 Å². The second-order valence-electron chi connectivity index (χ2n) is 8.46. The number of halogens is 2. The number of para-hydroxylation sites is 1. The molecule has 2 bridgehead atoms. The molecule has 1 fully saturated rings. The first-order chi connectivity index (χ1) is 15.0. The van der Waals surface area contributed by atoms with Crippen molar-refractivity contribution in [1.82, 2.24) is 0 Å². The molecule has 1 heterocycles. The summed E-state index contributed by atoms with van der Waals surface area (Å²) in [5, 5.41) is 0. The average molecular weight is 537 g/mol. The maximum absolute atomic E-state index is 14.0. The Morgan fingerprint density at radius 3 is 1.52 bits per heavy atom. The summed E-state index contributed by atoms with van der Waals surface area (Å²) in [6.07, 6.45) is 0.752. The van der Waals surface area contributed by atoms with Crippen LogP contribution in [0.4, 0.5) is 5.69 Å². The van der Waals surface area contributed by atoms with Crippen LogP contribution in [-0.4, -0.2) is 11.8 Å². The second kappa shape index (κ2) is 6.39. The maximum Gasteiger partial charge on any atom is 0.239 e. The Morgan fingerprint density at radius 1 is 0.710 bits per heavy atom. The van der Waals surface area contributed by atoms with Crippen molar-refractivity contribution in [3.63, 3.8) is 0 Å². The van der Waals surface area contributed by atoms with Crippen molar-refractivity contribution in [2.24, 2.45) is 11.8 Å². The fraction of sp³-hybridized carbons (Fsp3) is 0.231. The molecule has 5 heteroatoms. The minimum atomic E-state index is -0.747. The molecule has 3 aromatic rings. The lowest BCUT2D eigenvalue weighted by Gasteiger charge is -2.55. The first kappa shape index (κ1) is 19.4. The molecule has 0 N–H and O–H groups in total. The molecule has 0 saturated carbocycles. The van der Waals surface area contributed by atoms with Crippen LogP contribution in [0.2, 0.25) is 0 Å². The van der Waals surface area contributed by atoms with Crippen LogP contribution >= 0.6 is 31.9 Å². The third kappa shape index (κ3) is 2.14. The van der Waals surface area contributed by atoms with E-state index in [1.54, 1.807) is 0 Å². The smallest absolute Gasteiger partial charge is 0.239 e. The van der Waals surface area contributed by atoms with E-state index in [0.29, 0.717) is 5.69 Å². The lowest BCUT2D eigenvalue weighted by Crippen LogP contribution is -2.56. The molecule has 3 aromatic carbocycles. The Balaban J connectivity index is 1.66. The van der Waals surface area contributed by atoms with Crippen molar-refractivity contribution in [3.05, 3.63) is 101 Å². The highest BCUT2D eigenvalue weighted by atomic mass is 79.9. The minimum Gasteiger partial charge on any atom is -0.274 e. The van der Waals surface area contributed by atoms with Crippen molar-refractivity contribution >= 4 is 49.4 Å². The molecular formula is C26H19Br2NO2. The summed E-state index contributed by atoms with van der Waals surface area (Å²) in [6.45, 7) is 2.05. The predicted octanol–water partition coefficient (Wildman–Crippen LogP) is 5.66. The highest BCUT2D eigenvalue weighted by Gasteiger charge is 2.72. The SMILES string of the molecule is CCc1ccccc1N1C(=O)[C@@H]2[C@H](C1=O)C1(Br)c3ccccc3C2(Br)c2ccccc21. The highest BCUT2D eigenvalue weighted by molar-refractivity contribution is 9.10. The molecule has 2 atom stereocenters. The number of alkyl halides is 2. The van der Waals surface area contributed by atoms with Crippen LogP contribution in [0.1, 0.15) is 34.7 Å². The fourth-order valence-corrected chi connectivity index (χ4v) is 8.24. The van der Waals surface area contributed by atoms with Gasteiger partial charge in [0, 0.05) is 0 Å². The summed E-state index contributed by atoms with van der Waals surface area (Å²) in [7, 11) is 0. The van der Waals surface area contributed by atoms with Crippen LogP contribution in [0.3, 0.4) is 0 Å². The standard InChI is InChI=1S/C26H19Br2NO2/c1-2-15-9-3-8-14-20(15)29-23(30)21-22(24(29)31)26(28)17-11-5-4-10-16(17)25(21,27)18-12-6-7-13-19(18)26/h3-14,21-22H,2H2,1H3/t21-,22+,25?,26?. The van der Waals surface area contributed by atoms with Crippen molar-refractivity contribution in [2.75, 3.05) is 4.90 Å². The third-order valence-electron chi connectivity index (χ3n) is 7.20. The Hall–Kier alpha value is -2.24. The van der Waals surface area contributed by atoms with E-state index >= 15 is 0 Å². The Bertz CT molecular complexity index is 1160. The van der Waals surface area contributed by atoms with Crippen molar-refractivity contribution < 1.29 is 9.59 Å². The number of carbonyl (C=O) groups is 2. The molecule has 3 nitrogen and oxygen atoms in total. The van der Waals surface area contributed by atoms with Crippen LogP contribution in [0.25, 0.3) is 0 Å². The molecule has 0 unspecified atom stereocenters. The van der Waals surface area contributed by atoms with E-state index in [0.717, 1.165) is 34.2 Å². The molecular weight excluding hydrogens is 518 g/mol. The van der Waals surface area contributed by atoms with Gasteiger partial charge in [0.15, 0.2) is 0 Å². The molecule has 1 saturated heterocycles. The van der Waals surface area contributed by atoms with E-state index in [1.807, 2.05) is 55.5 Å². The summed E-state index contributed by atoms with van der Waals surface area (Å²) in [5.41, 5.74) is 5.92. The van der Waals surface area contributed by atoms with E-state index < -0.39 is 20.5 Å². The van der Waals surface area contributed by atoms with E-state index in [-0.39, 0.29) is 11.8 Å². The van der Waals surface area contributed by atoms with Gasteiger partial charge in [-0.15, -0.1) is 0 Å². The molecule has 31 heavy (non-hydrogen) atoms. The molecule has 4 aliphatic rings. The van der Waals surface area contributed by atoms with Crippen molar-refractivity contribution in [2.45, 2.75) is 22.0 Å². The number of anilines is 1. The quantitative estimate of drug-likeness (QED) is 0.313. The second-order valence-corrected chi connectivity index (χ2v) is 11.0. The van der Waals surface area contributed by atoms with Gasteiger partial charge in [0.2, 0.25) is 11.8 Å². The molecule has 3 aliphatic carbocycles. The Morgan fingerprint density at radius 2 is 1.10 bits per heavy atom. The largest absolute Gasteiger partial charge is 0.274 e. The Kier molecular flexibility index (Phi) is 4.01. The molecule has 2 amide bonds. The monoisotopic (exact) mass is 535 g/mol. The summed E-state index contributed by atoms with van der Waals surface area (Å²) in [4.78, 5) is 29.5. The molecule has 0 spiro atoms. The first-order valence-corrected chi connectivity index (χ1v) is 12.1. The minimum absolute atomic E-state index is 0.138. The van der Waals surface area contributed by atoms with Crippen molar-refractivity contribution in [1.29, 1.82) is 0 Å². The lowest BCUT2D eigenvalue weighted by molar-refractivity contribution is -0.122. The number of nitrogens with zero attached hydrogens (tertiary/aromatic N) is 1. The van der Waals surface area contributed by atoms with E-state index in [4.69, 9.17) is 0 Å². The van der Waals surface area contributed by atoms with Gasteiger partial charge in [0.1, 0.15) is 0 Å². The van der Waals surface area contributed by atoms with Crippen molar-refractivity contribution in [3.8, 4) is 0 Å². The van der Waals surface area contributed by atoms with Crippen LogP contribution in [-0.2, 0) is 24.7 Å². The zero-order valence-corrected chi connectivity index (χ0v) is 20.0. The number of amides is 2. The highest BCUT2D eigenvalue weighted by Crippen LogP contribution is 2.70. The maximum atomic E-state index is 14.0. The van der Waals surface area contributed by atoms with E-state index in [1.165, 1.54) is 4.90 Å². The van der Waals surface area contributed by atoms with E-state index in [9.17, 15) is 9.59 Å². The van der Waals surface area contributed by atoms with Gasteiger partial charge in [-0.05, 0) is 40.3 Å². The first-order valence-electron chi connectivity index (χ1n) is 10.5. The molecule has 1 aliphatic heterocycles. The molecule has 154 valence electrons. The predicted molar refractivity (Wildman–Crippen MR) is 128 cm³/mol. The number of carbonyl (C=O) groups excluding carboxylic acids is 2. The molecule has 0 radical (unpaired) electrons. The van der Waals surface area contributed by atoms with Gasteiger partial charge in [-0.25, -0.2) is 4.90 Å². The number of rotatable bonds is 2. The summed E-state index contributed by atoms with van der Waals surface area (Å²) in [5.74, 6) is -1.34. The zero-order chi connectivity index (χ0) is 21.5. The van der Waals surface area contributed by atoms with Crippen LogP contribution < -0.4 is 4.90 Å².